The molecule has 1 fully saturated rings. The second kappa shape index (κ2) is 4.62. The molecule has 0 atom stereocenters. The van der Waals surface area contributed by atoms with Gasteiger partial charge in [-0.15, -0.1) is 0 Å². The van der Waals surface area contributed by atoms with Crippen LogP contribution in [0.4, 0.5) is 0 Å². The van der Waals surface area contributed by atoms with Crippen LogP contribution in [0.1, 0.15) is 38.1 Å². The van der Waals surface area contributed by atoms with E-state index < -0.39 is 0 Å². The van der Waals surface area contributed by atoms with E-state index in [1.807, 2.05) is 18.5 Å². The fraction of sp³-hybridized carbons (Fsp3) is 0.769. The molecular weight excluding hydrogens is 234 g/mol. The lowest BCUT2D eigenvalue weighted by Gasteiger charge is -2.25. The maximum atomic E-state index is 6.17. The molecule has 0 aromatic carbocycles. The topological polar surface area (TPSA) is 29.9 Å². The van der Waals surface area contributed by atoms with Crippen molar-refractivity contribution in [3.8, 4) is 0 Å². The minimum absolute atomic E-state index is 0.204. The van der Waals surface area contributed by atoms with Gasteiger partial charge in [0.15, 0.2) is 0 Å². The van der Waals surface area contributed by atoms with Gasteiger partial charge in [0.05, 0.1) is 16.4 Å². The third-order valence-electron chi connectivity index (χ3n) is 3.32. The van der Waals surface area contributed by atoms with E-state index in [2.05, 4.69) is 24.3 Å². The normalized spacial score (nSPS) is 16.5. The first-order chi connectivity index (χ1) is 7.89. The first-order valence-electron chi connectivity index (χ1n) is 6.32. The molecule has 0 bridgehead atoms. The maximum Gasteiger partial charge on any atom is 0.0844 e. The summed E-state index contributed by atoms with van der Waals surface area (Å²) in [5.74, 6) is 0. The third kappa shape index (κ3) is 3.23. The van der Waals surface area contributed by atoms with E-state index >= 15 is 0 Å². The van der Waals surface area contributed by atoms with E-state index in [1.165, 1.54) is 12.8 Å². The quantitative estimate of drug-likeness (QED) is 0.877. The van der Waals surface area contributed by atoms with Crippen LogP contribution in [0.15, 0.2) is 0 Å². The Bertz CT molecular complexity index is 405. The maximum absolute atomic E-state index is 6.17. The number of hydrogen-bond donors (Lipinski definition) is 1. The molecular formula is C13H22ClN3. The monoisotopic (exact) mass is 255 g/mol. The molecule has 1 aliphatic rings. The van der Waals surface area contributed by atoms with Gasteiger partial charge in [-0.1, -0.05) is 25.4 Å². The average molecular weight is 256 g/mol. The van der Waals surface area contributed by atoms with Gasteiger partial charge in [0.2, 0.25) is 0 Å². The van der Waals surface area contributed by atoms with E-state index in [0.29, 0.717) is 0 Å². The van der Waals surface area contributed by atoms with Crippen molar-refractivity contribution in [2.24, 2.45) is 5.41 Å². The van der Waals surface area contributed by atoms with Crippen molar-refractivity contribution < 1.29 is 0 Å². The largest absolute Gasteiger partial charge is 0.313 e. The molecule has 0 aliphatic heterocycles. The number of aryl methyl sites for hydroxylation is 1. The molecule has 4 heteroatoms. The van der Waals surface area contributed by atoms with Crippen LogP contribution in [-0.2, 0) is 6.54 Å². The molecule has 96 valence electrons. The van der Waals surface area contributed by atoms with Crippen molar-refractivity contribution >= 4 is 11.6 Å². The van der Waals surface area contributed by atoms with Crippen molar-refractivity contribution in [3.05, 3.63) is 16.4 Å². The third-order valence-corrected chi connectivity index (χ3v) is 3.86. The van der Waals surface area contributed by atoms with Crippen LogP contribution in [0.3, 0.4) is 0 Å². The van der Waals surface area contributed by atoms with Crippen LogP contribution < -0.4 is 5.32 Å². The summed E-state index contributed by atoms with van der Waals surface area (Å²) in [6.45, 7) is 10.5. The summed E-state index contributed by atoms with van der Waals surface area (Å²) in [6.07, 6.45) is 2.67. The first kappa shape index (κ1) is 12.9. The van der Waals surface area contributed by atoms with Crippen LogP contribution in [0, 0.1) is 19.3 Å². The molecule has 1 aromatic heterocycles. The SMILES string of the molecule is Cc1nn(CC(C)(C)CNC2CC2)c(C)c1Cl. The van der Waals surface area contributed by atoms with Crippen LogP contribution >= 0.6 is 11.6 Å². The lowest BCUT2D eigenvalue weighted by atomic mass is 9.93. The minimum atomic E-state index is 0.204. The molecule has 2 rings (SSSR count). The Kier molecular flexibility index (Phi) is 3.50. The summed E-state index contributed by atoms with van der Waals surface area (Å²) in [7, 11) is 0. The number of halogens is 1. The standard InChI is InChI=1S/C13H22ClN3/c1-9-12(14)10(2)17(16-9)8-13(3,4)7-15-11-5-6-11/h11,15H,5-8H2,1-4H3. The molecule has 3 nitrogen and oxygen atoms in total. The number of nitrogens with zero attached hydrogens (tertiary/aromatic N) is 2. The van der Waals surface area contributed by atoms with E-state index in [-0.39, 0.29) is 5.41 Å². The predicted octanol–water partition coefficient (Wildman–Crippen LogP) is 2.93. The first-order valence-corrected chi connectivity index (χ1v) is 6.70. The highest BCUT2D eigenvalue weighted by molar-refractivity contribution is 6.31. The van der Waals surface area contributed by atoms with Gasteiger partial charge in [0, 0.05) is 19.1 Å². The molecule has 1 N–H and O–H groups in total. The second-order valence-electron chi connectivity index (χ2n) is 5.96. The summed E-state index contributed by atoms with van der Waals surface area (Å²) < 4.78 is 2.03. The number of rotatable bonds is 5. The molecule has 0 spiro atoms. The summed E-state index contributed by atoms with van der Waals surface area (Å²) in [5, 5.41) is 8.88. The van der Waals surface area contributed by atoms with Crippen LogP contribution in [0.5, 0.6) is 0 Å². The summed E-state index contributed by atoms with van der Waals surface area (Å²) in [6, 6.07) is 0.762. The molecule has 0 radical (unpaired) electrons. The Balaban J connectivity index is 1.99. The number of aromatic nitrogens is 2. The summed E-state index contributed by atoms with van der Waals surface area (Å²) in [5.41, 5.74) is 2.20. The molecule has 0 unspecified atom stereocenters. The van der Waals surface area contributed by atoms with E-state index in [4.69, 9.17) is 11.6 Å². The predicted molar refractivity (Wildman–Crippen MR) is 71.5 cm³/mol. The van der Waals surface area contributed by atoms with Crippen LogP contribution in [0.2, 0.25) is 5.02 Å². The van der Waals surface area contributed by atoms with Gasteiger partial charge >= 0.3 is 0 Å². The Morgan fingerprint density at radius 1 is 1.41 bits per heavy atom. The van der Waals surface area contributed by atoms with Crippen molar-refractivity contribution in [2.75, 3.05) is 6.54 Å². The minimum Gasteiger partial charge on any atom is -0.313 e. The lowest BCUT2D eigenvalue weighted by molar-refractivity contribution is 0.272. The van der Waals surface area contributed by atoms with Gasteiger partial charge in [0.25, 0.3) is 0 Å². The Hall–Kier alpha value is -0.540. The molecule has 17 heavy (non-hydrogen) atoms. The molecule has 0 saturated heterocycles. The highest BCUT2D eigenvalue weighted by Crippen LogP contribution is 2.25. The fourth-order valence-electron chi connectivity index (χ4n) is 2.00. The Morgan fingerprint density at radius 3 is 2.53 bits per heavy atom. The van der Waals surface area contributed by atoms with Crippen molar-refractivity contribution in [1.29, 1.82) is 0 Å². The highest BCUT2D eigenvalue weighted by Gasteiger charge is 2.26. The van der Waals surface area contributed by atoms with Gasteiger partial charge in [-0.2, -0.15) is 5.10 Å². The zero-order chi connectivity index (χ0) is 12.6. The second-order valence-corrected chi connectivity index (χ2v) is 6.34. The molecule has 1 saturated carbocycles. The zero-order valence-corrected chi connectivity index (χ0v) is 11.9. The van der Waals surface area contributed by atoms with Gasteiger partial charge in [0.1, 0.15) is 0 Å². The van der Waals surface area contributed by atoms with E-state index in [9.17, 15) is 0 Å². The summed E-state index contributed by atoms with van der Waals surface area (Å²) in [4.78, 5) is 0. The number of hydrogen-bond acceptors (Lipinski definition) is 2. The van der Waals surface area contributed by atoms with E-state index in [0.717, 1.165) is 35.5 Å². The Labute approximate surface area is 109 Å². The van der Waals surface area contributed by atoms with Crippen molar-refractivity contribution in [1.82, 2.24) is 15.1 Å². The summed E-state index contributed by atoms with van der Waals surface area (Å²) >= 11 is 6.17. The van der Waals surface area contributed by atoms with Gasteiger partial charge < -0.3 is 5.32 Å². The van der Waals surface area contributed by atoms with Gasteiger partial charge in [-0.25, -0.2) is 0 Å². The molecule has 1 aliphatic carbocycles. The Morgan fingerprint density at radius 2 is 2.06 bits per heavy atom. The molecule has 1 heterocycles. The van der Waals surface area contributed by atoms with Gasteiger partial charge in [-0.3, -0.25) is 4.68 Å². The van der Waals surface area contributed by atoms with Crippen LogP contribution in [0.25, 0.3) is 0 Å². The van der Waals surface area contributed by atoms with Crippen molar-refractivity contribution in [2.45, 2.75) is 53.1 Å². The smallest absolute Gasteiger partial charge is 0.0844 e. The van der Waals surface area contributed by atoms with Crippen LogP contribution in [-0.4, -0.2) is 22.4 Å². The zero-order valence-electron chi connectivity index (χ0n) is 11.2. The highest BCUT2D eigenvalue weighted by atomic mass is 35.5. The number of nitrogens with one attached hydrogen (secondary N) is 1. The van der Waals surface area contributed by atoms with E-state index in [1.54, 1.807) is 0 Å². The van der Waals surface area contributed by atoms with Gasteiger partial charge in [-0.05, 0) is 32.1 Å². The van der Waals surface area contributed by atoms with Crippen molar-refractivity contribution in [3.63, 3.8) is 0 Å². The molecule has 1 aromatic rings. The lowest BCUT2D eigenvalue weighted by Crippen LogP contribution is -2.34. The molecule has 0 amide bonds. The fourth-order valence-corrected chi connectivity index (χ4v) is 2.13. The average Bonchev–Trinajstić information content (AvgIpc) is 3.03.